The average molecular weight is 424 g/mol. The SMILES string of the molecule is CCc1noc(/C=C/c2cc(C)cc(Nc3cc(-c4nc(C)no4)cc(Cl)n3)n2)n1. The second-order valence-corrected chi connectivity index (χ2v) is 6.91. The molecular weight excluding hydrogens is 406 g/mol. The Labute approximate surface area is 177 Å². The molecule has 10 heteroatoms. The lowest BCUT2D eigenvalue weighted by Gasteiger charge is -2.08. The maximum Gasteiger partial charge on any atom is 0.258 e. The summed E-state index contributed by atoms with van der Waals surface area (Å²) in [4.78, 5) is 17.4. The first-order valence-corrected chi connectivity index (χ1v) is 9.61. The van der Waals surface area contributed by atoms with Crippen LogP contribution in [-0.2, 0) is 6.42 Å². The van der Waals surface area contributed by atoms with Gasteiger partial charge in [-0.05, 0) is 49.8 Å². The highest BCUT2D eigenvalue weighted by Crippen LogP contribution is 2.25. The van der Waals surface area contributed by atoms with Crippen LogP contribution >= 0.6 is 11.6 Å². The minimum absolute atomic E-state index is 0.293. The van der Waals surface area contributed by atoms with E-state index in [0.717, 1.165) is 11.3 Å². The molecule has 0 saturated heterocycles. The quantitative estimate of drug-likeness (QED) is 0.442. The molecule has 9 nitrogen and oxygen atoms in total. The molecule has 0 fully saturated rings. The lowest BCUT2D eigenvalue weighted by atomic mass is 10.2. The van der Waals surface area contributed by atoms with E-state index >= 15 is 0 Å². The lowest BCUT2D eigenvalue weighted by Crippen LogP contribution is -1.99. The summed E-state index contributed by atoms with van der Waals surface area (Å²) in [6, 6.07) is 7.27. The van der Waals surface area contributed by atoms with Crippen molar-refractivity contribution in [1.82, 2.24) is 30.2 Å². The molecule has 0 aliphatic rings. The van der Waals surface area contributed by atoms with Crippen molar-refractivity contribution in [2.24, 2.45) is 0 Å². The van der Waals surface area contributed by atoms with Crippen molar-refractivity contribution >= 4 is 35.4 Å². The fourth-order valence-corrected chi connectivity index (χ4v) is 2.92. The number of aromatic nitrogens is 6. The van der Waals surface area contributed by atoms with Gasteiger partial charge in [0.1, 0.15) is 16.8 Å². The molecule has 0 saturated carbocycles. The molecule has 4 rings (SSSR count). The molecule has 0 amide bonds. The number of hydrogen-bond acceptors (Lipinski definition) is 9. The molecule has 0 aliphatic heterocycles. The van der Waals surface area contributed by atoms with Gasteiger partial charge in [-0.15, -0.1) is 0 Å². The molecule has 0 radical (unpaired) electrons. The van der Waals surface area contributed by atoms with Gasteiger partial charge in [0, 0.05) is 18.1 Å². The summed E-state index contributed by atoms with van der Waals surface area (Å²) in [6.45, 7) is 5.69. The number of aryl methyl sites for hydroxylation is 3. The topological polar surface area (TPSA) is 116 Å². The largest absolute Gasteiger partial charge is 0.335 e. The molecule has 0 spiro atoms. The Morgan fingerprint density at radius 1 is 0.933 bits per heavy atom. The molecule has 4 aromatic rings. The first-order valence-electron chi connectivity index (χ1n) is 9.23. The second-order valence-electron chi connectivity index (χ2n) is 6.53. The highest BCUT2D eigenvalue weighted by Gasteiger charge is 2.11. The standard InChI is InChI=1S/C20H18ClN7O2/c1-4-16-26-19(29-28-16)6-5-14-7-11(2)8-17(23-14)25-18-10-13(9-15(21)24-18)20-22-12(3)27-30-20/h5-10H,4H2,1-3H3,(H,23,24,25)/b6-5+. The molecule has 152 valence electrons. The van der Waals surface area contributed by atoms with E-state index in [4.69, 9.17) is 20.6 Å². The third kappa shape index (κ3) is 4.69. The third-order valence-corrected chi connectivity index (χ3v) is 4.20. The minimum Gasteiger partial charge on any atom is -0.335 e. The summed E-state index contributed by atoms with van der Waals surface area (Å²) < 4.78 is 10.4. The Bertz CT molecular complexity index is 1220. The van der Waals surface area contributed by atoms with Crippen LogP contribution < -0.4 is 5.32 Å². The van der Waals surface area contributed by atoms with Crippen molar-refractivity contribution in [3.63, 3.8) is 0 Å². The third-order valence-electron chi connectivity index (χ3n) is 4.01. The Morgan fingerprint density at radius 2 is 1.77 bits per heavy atom. The summed E-state index contributed by atoms with van der Waals surface area (Å²) in [5, 5.41) is 11.1. The van der Waals surface area contributed by atoms with Crippen molar-refractivity contribution in [3.05, 3.63) is 58.2 Å². The molecule has 0 aromatic carbocycles. The zero-order valence-electron chi connectivity index (χ0n) is 16.5. The molecule has 0 atom stereocenters. The summed E-state index contributed by atoms with van der Waals surface area (Å²) >= 11 is 6.17. The molecule has 1 N–H and O–H groups in total. The van der Waals surface area contributed by atoms with E-state index in [-0.39, 0.29) is 0 Å². The van der Waals surface area contributed by atoms with E-state index in [1.165, 1.54) is 0 Å². The number of halogens is 1. The van der Waals surface area contributed by atoms with Gasteiger partial charge in [-0.1, -0.05) is 28.8 Å². The fraction of sp³-hybridized carbons (Fsp3) is 0.200. The molecule has 0 bridgehead atoms. The fourth-order valence-electron chi connectivity index (χ4n) is 2.71. The van der Waals surface area contributed by atoms with Gasteiger partial charge >= 0.3 is 0 Å². The highest BCUT2D eigenvalue weighted by molar-refractivity contribution is 6.29. The molecule has 0 aliphatic carbocycles. The monoisotopic (exact) mass is 423 g/mol. The first kappa shape index (κ1) is 19.7. The van der Waals surface area contributed by atoms with Gasteiger partial charge in [-0.25, -0.2) is 9.97 Å². The molecule has 30 heavy (non-hydrogen) atoms. The minimum atomic E-state index is 0.293. The van der Waals surface area contributed by atoms with E-state index in [9.17, 15) is 0 Å². The van der Waals surface area contributed by atoms with E-state index in [1.807, 2.05) is 32.1 Å². The van der Waals surface area contributed by atoms with Gasteiger partial charge in [0.2, 0.25) is 0 Å². The maximum absolute atomic E-state index is 6.17. The number of anilines is 2. The average Bonchev–Trinajstić information content (AvgIpc) is 3.34. The van der Waals surface area contributed by atoms with Gasteiger partial charge in [-0.2, -0.15) is 9.97 Å². The molecule has 4 aromatic heterocycles. The number of pyridine rings is 2. The molecule has 0 unspecified atom stereocenters. The van der Waals surface area contributed by atoms with E-state index in [2.05, 4.69) is 35.6 Å². The Balaban J connectivity index is 1.58. The van der Waals surface area contributed by atoms with Crippen LogP contribution in [0.5, 0.6) is 0 Å². The summed E-state index contributed by atoms with van der Waals surface area (Å²) in [6.07, 6.45) is 4.25. The van der Waals surface area contributed by atoms with Crippen LogP contribution in [0.4, 0.5) is 11.6 Å². The Hall–Kier alpha value is -3.59. The van der Waals surface area contributed by atoms with Crippen LogP contribution in [0, 0.1) is 13.8 Å². The first-order chi connectivity index (χ1) is 14.5. The van der Waals surface area contributed by atoms with Crippen molar-refractivity contribution in [2.75, 3.05) is 5.32 Å². The number of nitrogens with zero attached hydrogens (tertiary/aromatic N) is 6. The van der Waals surface area contributed by atoms with Gasteiger partial charge in [0.05, 0.1) is 5.69 Å². The number of rotatable bonds is 6. The van der Waals surface area contributed by atoms with E-state index in [1.54, 1.807) is 25.1 Å². The van der Waals surface area contributed by atoms with Gasteiger partial charge in [0.15, 0.2) is 11.6 Å². The lowest BCUT2D eigenvalue weighted by molar-refractivity contribution is 0.403. The van der Waals surface area contributed by atoms with Gasteiger partial charge in [-0.3, -0.25) is 0 Å². The smallest absolute Gasteiger partial charge is 0.258 e. The summed E-state index contributed by atoms with van der Waals surface area (Å²) in [7, 11) is 0. The van der Waals surface area contributed by atoms with Crippen LogP contribution in [0.15, 0.2) is 33.3 Å². The van der Waals surface area contributed by atoms with E-state index in [0.29, 0.717) is 52.2 Å². The number of hydrogen-bond donors (Lipinski definition) is 1. The van der Waals surface area contributed by atoms with Crippen molar-refractivity contribution < 1.29 is 9.05 Å². The highest BCUT2D eigenvalue weighted by atomic mass is 35.5. The molecule has 4 heterocycles. The van der Waals surface area contributed by atoms with Gasteiger partial charge in [0.25, 0.3) is 11.8 Å². The van der Waals surface area contributed by atoms with Crippen LogP contribution in [0.25, 0.3) is 23.6 Å². The van der Waals surface area contributed by atoms with Crippen molar-refractivity contribution in [1.29, 1.82) is 0 Å². The predicted octanol–water partition coefficient (Wildman–Crippen LogP) is 4.66. The van der Waals surface area contributed by atoms with E-state index < -0.39 is 0 Å². The zero-order chi connectivity index (χ0) is 21.1. The summed E-state index contributed by atoms with van der Waals surface area (Å²) in [5.74, 6) is 3.11. The Kier molecular flexibility index (Phi) is 5.53. The maximum atomic E-state index is 6.17. The molecular formula is C20H18ClN7O2. The van der Waals surface area contributed by atoms with Crippen LogP contribution in [0.1, 0.15) is 35.7 Å². The summed E-state index contributed by atoms with van der Waals surface area (Å²) in [5.41, 5.74) is 2.40. The Morgan fingerprint density at radius 3 is 2.50 bits per heavy atom. The van der Waals surface area contributed by atoms with Crippen molar-refractivity contribution in [3.8, 4) is 11.5 Å². The van der Waals surface area contributed by atoms with Crippen molar-refractivity contribution in [2.45, 2.75) is 27.2 Å². The van der Waals surface area contributed by atoms with Gasteiger partial charge < -0.3 is 14.4 Å². The normalized spacial score (nSPS) is 11.3. The second kappa shape index (κ2) is 8.42. The number of nitrogens with one attached hydrogen (secondary N) is 1. The zero-order valence-corrected chi connectivity index (χ0v) is 17.3. The van der Waals surface area contributed by atoms with Crippen LogP contribution in [-0.4, -0.2) is 30.2 Å². The van der Waals surface area contributed by atoms with Crippen LogP contribution in [0.2, 0.25) is 5.15 Å². The van der Waals surface area contributed by atoms with Crippen LogP contribution in [0.3, 0.4) is 0 Å². The predicted molar refractivity (Wildman–Crippen MR) is 112 cm³/mol.